The Morgan fingerprint density at radius 2 is 1.81 bits per heavy atom. The van der Waals surface area contributed by atoms with Crippen molar-refractivity contribution in [3.05, 3.63) is 131 Å². The van der Waals surface area contributed by atoms with Gasteiger partial charge in [0.25, 0.3) is 0 Å². The van der Waals surface area contributed by atoms with E-state index in [0.29, 0.717) is 67.1 Å². The van der Waals surface area contributed by atoms with Gasteiger partial charge in [0, 0.05) is 29.5 Å². The van der Waals surface area contributed by atoms with Crippen molar-refractivity contribution in [1.82, 2.24) is 19.9 Å². The fourth-order valence-electron chi connectivity index (χ4n) is 7.00. The van der Waals surface area contributed by atoms with E-state index in [1.807, 2.05) is 55.5 Å². The fraction of sp³-hybridized carbons (Fsp3) is 0.200. The number of fused-ring (bicyclic) bond motifs is 7. The number of nitrogens with zero attached hydrogens (tertiary/aromatic N) is 4. The molecular formula is C45H37ClFN5O6S. The van der Waals surface area contributed by atoms with Crippen LogP contribution in [0.15, 0.2) is 97.5 Å². The van der Waals surface area contributed by atoms with Gasteiger partial charge in [0.2, 0.25) is 17.9 Å². The molecule has 3 aromatic heterocycles. The molecule has 0 saturated carbocycles. The molecule has 2 aliphatic rings. The van der Waals surface area contributed by atoms with Crippen molar-refractivity contribution >= 4 is 50.7 Å². The van der Waals surface area contributed by atoms with Gasteiger partial charge in [-0.3, -0.25) is 4.79 Å². The third-order valence-corrected chi connectivity index (χ3v) is 11.5. The summed E-state index contributed by atoms with van der Waals surface area (Å²) >= 11 is 8.36. The number of carbonyl (C=O) groups excluding carboxylic acids is 2. The fourth-order valence-corrected chi connectivity index (χ4v) is 8.36. The number of ether oxygens (including phenoxy) is 4. The largest absolute Gasteiger partial charge is 0.496 e. The summed E-state index contributed by atoms with van der Waals surface area (Å²) < 4.78 is 38.3. The number of para-hydroxylation sites is 1. The number of hydrogen-bond donors (Lipinski definition) is 1. The Morgan fingerprint density at radius 3 is 2.63 bits per heavy atom. The minimum atomic E-state index is -1.19. The molecule has 0 radical (unpaired) electrons. The minimum absolute atomic E-state index is 0.0272. The van der Waals surface area contributed by atoms with Crippen LogP contribution in [0.5, 0.6) is 17.4 Å². The Balaban J connectivity index is 1.23. The van der Waals surface area contributed by atoms with Crippen LogP contribution in [0.1, 0.15) is 35.7 Å². The van der Waals surface area contributed by atoms with E-state index >= 15 is 0 Å². The first kappa shape index (κ1) is 39.4. The number of benzene rings is 4. The second kappa shape index (κ2) is 17.2. The summed E-state index contributed by atoms with van der Waals surface area (Å²) in [6.07, 6.45) is 2.43. The predicted octanol–water partition coefficient (Wildman–Crippen LogP) is 9.61. The number of thiophene rings is 1. The van der Waals surface area contributed by atoms with Crippen molar-refractivity contribution < 1.29 is 32.9 Å². The third-order valence-electron chi connectivity index (χ3n) is 9.90. The number of halogens is 2. The summed E-state index contributed by atoms with van der Waals surface area (Å²) in [6.45, 7) is 3.78. The highest BCUT2D eigenvalue weighted by Gasteiger charge is 2.30. The third kappa shape index (κ3) is 8.30. The number of nitrogens with one attached hydrogen (secondary N) is 1. The lowest BCUT2D eigenvalue weighted by Gasteiger charge is -2.20. The highest BCUT2D eigenvalue weighted by Crippen LogP contribution is 2.49. The van der Waals surface area contributed by atoms with Crippen molar-refractivity contribution in [2.24, 2.45) is 0 Å². The molecule has 59 heavy (non-hydrogen) atoms. The van der Waals surface area contributed by atoms with Gasteiger partial charge in [-0.1, -0.05) is 54.1 Å². The quantitative estimate of drug-likeness (QED) is 0.148. The van der Waals surface area contributed by atoms with Crippen LogP contribution in [0.2, 0.25) is 5.02 Å². The Labute approximate surface area is 348 Å². The van der Waals surface area contributed by atoms with E-state index in [2.05, 4.69) is 20.3 Å². The molecule has 2 aliphatic heterocycles. The van der Waals surface area contributed by atoms with Gasteiger partial charge < -0.3 is 24.3 Å². The van der Waals surface area contributed by atoms with Gasteiger partial charge in [0.05, 0.1) is 41.1 Å². The molecule has 5 heterocycles. The summed E-state index contributed by atoms with van der Waals surface area (Å²) in [4.78, 5) is 47.0. The summed E-state index contributed by atoms with van der Waals surface area (Å²) in [7, 11) is 1.59. The number of amides is 1. The molecule has 0 fully saturated rings. The van der Waals surface area contributed by atoms with E-state index in [0.717, 1.165) is 27.1 Å². The molecule has 298 valence electrons. The maximum atomic E-state index is 14.2. The maximum Gasteiger partial charge on any atom is 0.347 e. The van der Waals surface area contributed by atoms with Gasteiger partial charge in [-0.2, -0.15) is 0 Å². The molecule has 0 saturated heterocycles. The normalized spacial score (nSPS) is 14.0. The predicted molar refractivity (Wildman–Crippen MR) is 224 cm³/mol. The van der Waals surface area contributed by atoms with Crippen LogP contribution in [0.4, 0.5) is 10.1 Å². The van der Waals surface area contributed by atoms with E-state index in [1.165, 1.54) is 29.8 Å². The molecule has 0 aliphatic carbocycles. The van der Waals surface area contributed by atoms with Crippen LogP contribution in [0, 0.1) is 12.7 Å². The number of methoxy groups -OCH3 is 1. The molecule has 1 N–H and O–H groups in total. The van der Waals surface area contributed by atoms with Crippen molar-refractivity contribution in [1.29, 1.82) is 0 Å². The highest BCUT2D eigenvalue weighted by molar-refractivity contribution is 7.22. The number of rotatable bonds is 8. The minimum Gasteiger partial charge on any atom is -0.496 e. The molecule has 11 nitrogen and oxygen atoms in total. The van der Waals surface area contributed by atoms with Crippen LogP contribution < -0.4 is 19.5 Å². The Morgan fingerprint density at radius 1 is 0.983 bits per heavy atom. The van der Waals surface area contributed by atoms with Gasteiger partial charge in [0.1, 0.15) is 35.1 Å². The summed E-state index contributed by atoms with van der Waals surface area (Å²) in [6, 6.07) is 24.6. The summed E-state index contributed by atoms with van der Waals surface area (Å²) in [5, 5.41) is 3.87. The number of aryl methyl sites for hydroxylation is 1. The molecule has 14 heteroatoms. The van der Waals surface area contributed by atoms with Crippen molar-refractivity contribution in [3.8, 4) is 50.3 Å². The molecule has 0 unspecified atom stereocenters. The van der Waals surface area contributed by atoms with Crippen LogP contribution in [0.25, 0.3) is 43.2 Å². The molecule has 9 rings (SSSR count). The molecule has 1 amide bonds. The lowest BCUT2D eigenvalue weighted by molar-refractivity contribution is -0.151. The first-order valence-electron chi connectivity index (χ1n) is 18.9. The summed E-state index contributed by atoms with van der Waals surface area (Å²) in [5.74, 6) is 0.538. The number of esters is 1. The van der Waals surface area contributed by atoms with Crippen LogP contribution >= 0.6 is 22.9 Å². The summed E-state index contributed by atoms with van der Waals surface area (Å²) in [5.41, 5.74) is 6.09. The smallest absolute Gasteiger partial charge is 0.347 e. The second-order valence-electron chi connectivity index (χ2n) is 13.7. The van der Waals surface area contributed by atoms with Crippen LogP contribution in [-0.4, -0.2) is 51.6 Å². The second-order valence-corrected chi connectivity index (χ2v) is 15.1. The van der Waals surface area contributed by atoms with Gasteiger partial charge in [-0.05, 0) is 90.6 Å². The Hall–Kier alpha value is -6.44. The lowest BCUT2D eigenvalue weighted by atomic mass is 9.95. The van der Waals surface area contributed by atoms with E-state index in [4.69, 9.17) is 35.5 Å². The number of aromatic nitrogens is 4. The Kier molecular flexibility index (Phi) is 11.5. The SMILES string of the molecule is CCOC(=O)[C@H]1Cc2cc(ccc2OCc2ccnc(-c3ccccc3OC)n2)CCC(=O)Nc2ccc(c(C)c2Cl)-c2c(-c3ccc(F)cc3)sc3ncnc(c23)O1. The van der Waals surface area contributed by atoms with Crippen LogP contribution in [-0.2, 0) is 33.8 Å². The molecule has 7 aromatic rings. The topological polar surface area (TPSA) is 135 Å². The van der Waals surface area contributed by atoms with Crippen molar-refractivity contribution in [2.75, 3.05) is 19.0 Å². The van der Waals surface area contributed by atoms with Gasteiger partial charge >= 0.3 is 5.97 Å². The molecule has 1 atom stereocenters. The van der Waals surface area contributed by atoms with E-state index in [-0.39, 0.29) is 43.7 Å². The highest BCUT2D eigenvalue weighted by atomic mass is 35.5. The first-order valence-corrected chi connectivity index (χ1v) is 20.1. The number of hydrogen-bond acceptors (Lipinski definition) is 11. The van der Waals surface area contributed by atoms with E-state index in [9.17, 15) is 14.0 Å². The van der Waals surface area contributed by atoms with E-state index < -0.39 is 12.1 Å². The molecule has 4 bridgehead atoms. The van der Waals surface area contributed by atoms with Crippen LogP contribution in [0.3, 0.4) is 0 Å². The maximum absolute atomic E-state index is 14.2. The average Bonchev–Trinajstić information content (AvgIpc) is 3.64. The zero-order valence-corrected chi connectivity index (χ0v) is 33.8. The van der Waals surface area contributed by atoms with E-state index in [1.54, 1.807) is 44.5 Å². The number of anilines is 1. The lowest BCUT2D eigenvalue weighted by Crippen LogP contribution is -2.32. The van der Waals surface area contributed by atoms with Crippen molar-refractivity contribution in [2.45, 2.75) is 45.8 Å². The molecule has 0 spiro atoms. The standard InChI is InChI=1S/C45H37ClFN5O6S/c1-4-56-45(54)36-22-28-21-26(9-17-34(28)57-23-30-19-20-48-42(51-30)32-7-5-6-8-35(32)55-3)10-18-37(53)52-33-16-15-31(25(2)40(33)46)38-39-43(58-36)49-24-50-44(39)59-41(38)27-11-13-29(47)14-12-27/h5-9,11-17,19-21,24,36H,4,10,18,22-23H2,1-3H3,(H,52,53)/t36-/m1/s1. The monoisotopic (exact) mass is 829 g/mol. The number of carbonyl (C=O) groups is 2. The average molecular weight is 830 g/mol. The van der Waals surface area contributed by atoms with Crippen molar-refractivity contribution in [3.63, 3.8) is 0 Å². The zero-order chi connectivity index (χ0) is 41.0. The Bertz CT molecular complexity index is 2710. The van der Waals surface area contributed by atoms with Gasteiger partial charge in [-0.15, -0.1) is 11.3 Å². The van der Waals surface area contributed by atoms with Gasteiger partial charge in [0.15, 0.2) is 5.82 Å². The first-order chi connectivity index (χ1) is 28.7. The molecular weight excluding hydrogens is 793 g/mol. The van der Waals surface area contributed by atoms with Gasteiger partial charge in [-0.25, -0.2) is 29.1 Å². The molecule has 4 aromatic carbocycles. The zero-order valence-electron chi connectivity index (χ0n) is 32.3.